The van der Waals surface area contributed by atoms with Crippen LogP contribution in [-0.4, -0.2) is 38.4 Å². The van der Waals surface area contributed by atoms with Crippen molar-refractivity contribution in [2.75, 3.05) is 36.5 Å². The largest absolute Gasteiger partial charge is 0.447 e. The number of carbonyl (C=O) groups excluding carboxylic acids is 1. The molecule has 3 rings (SSSR count). The number of rotatable bonds is 3. The molecule has 1 amide bonds. The summed E-state index contributed by atoms with van der Waals surface area (Å²) >= 11 is 0. The summed E-state index contributed by atoms with van der Waals surface area (Å²) in [6, 6.07) is 8.41. The molecule has 5 heteroatoms. The highest BCUT2D eigenvalue weighted by molar-refractivity contribution is 5.89. The average Bonchev–Trinajstić information content (AvgIpc) is 3.01. The molecule has 1 unspecified atom stereocenters. The van der Waals surface area contributed by atoms with Crippen molar-refractivity contribution in [1.82, 2.24) is 5.32 Å². The molecule has 0 aromatic heterocycles. The number of hydrogen-bond acceptors (Lipinski definition) is 4. The molecule has 0 spiro atoms. The molecule has 1 aromatic carbocycles. The summed E-state index contributed by atoms with van der Waals surface area (Å²) in [6.07, 6.45) is 0.880. The first-order valence-corrected chi connectivity index (χ1v) is 6.34. The van der Waals surface area contributed by atoms with Crippen LogP contribution in [0, 0.1) is 0 Å². The zero-order valence-electron chi connectivity index (χ0n) is 10.2. The van der Waals surface area contributed by atoms with Crippen LogP contribution in [0.1, 0.15) is 6.42 Å². The maximum absolute atomic E-state index is 11.5. The monoisotopic (exact) mass is 247 g/mol. The molecular weight excluding hydrogens is 230 g/mol. The second kappa shape index (κ2) is 4.86. The molecule has 2 N–H and O–H groups in total. The maximum Gasteiger partial charge on any atom is 0.414 e. The van der Waals surface area contributed by atoms with Crippen molar-refractivity contribution in [3.8, 4) is 0 Å². The lowest BCUT2D eigenvalue weighted by Gasteiger charge is -2.17. The fourth-order valence-corrected chi connectivity index (χ4v) is 2.41. The van der Waals surface area contributed by atoms with E-state index in [4.69, 9.17) is 4.74 Å². The van der Waals surface area contributed by atoms with Crippen molar-refractivity contribution >= 4 is 17.5 Å². The van der Waals surface area contributed by atoms with Gasteiger partial charge in [-0.25, -0.2) is 4.79 Å². The van der Waals surface area contributed by atoms with Crippen LogP contribution < -0.4 is 15.5 Å². The first kappa shape index (κ1) is 11.3. The van der Waals surface area contributed by atoms with Crippen LogP contribution in [0.4, 0.5) is 16.2 Å². The number of amides is 1. The molecule has 18 heavy (non-hydrogen) atoms. The normalized spacial score (nSPS) is 23.2. The van der Waals surface area contributed by atoms with Crippen LogP contribution in [0.5, 0.6) is 0 Å². The van der Waals surface area contributed by atoms with Crippen molar-refractivity contribution in [3.63, 3.8) is 0 Å². The molecule has 2 fully saturated rings. The molecule has 5 nitrogen and oxygen atoms in total. The van der Waals surface area contributed by atoms with Crippen LogP contribution in [0.15, 0.2) is 24.3 Å². The van der Waals surface area contributed by atoms with E-state index in [0.717, 1.165) is 30.9 Å². The predicted molar refractivity (Wildman–Crippen MR) is 70.0 cm³/mol. The van der Waals surface area contributed by atoms with Crippen LogP contribution >= 0.6 is 0 Å². The van der Waals surface area contributed by atoms with Crippen molar-refractivity contribution in [2.24, 2.45) is 0 Å². The van der Waals surface area contributed by atoms with E-state index in [2.05, 4.69) is 10.6 Å². The fraction of sp³-hybridized carbons (Fsp3) is 0.462. The Morgan fingerprint density at radius 3 is 3.11 bits per heavy atom. The summed E-state index contributed by atoms with van der Waals surface area (Å²) in [5.74, 6) is 0. The minimum atomic E-state index is -0.255. The second-order valence-electron chi connectivity index (χ2n) is 4.65. The number of anilines is 2. The molecule has 1 aromatic rings. The van der Waals surface area contributed by atoms with Gasteiger partial charge in [-0.15, -0.1) is 0 Å². The minimum Gasteiger partial charge on any atom is -0.447 e. The topological polar surface area (TPSA) is 53.6 Å². The van der Waals surface area contributed by atoms with Crippen LogP contribution in [0.3, 0.4) is 0 Å². The van der Waals surface area contributed by atoms with Gasteiger partial charge < -0.3 is 15.4 Å². The van der Waals surface area contributed by atoms with Crippen molar-refractivity contribution in [3.05, 3.63) is 24.3 Å². The Hall–Kier alpha value is -1.75. The summed E-state index contributed by atoms with van der Waals surface area (Å²) in [7, 11) is 0. The van der Waals surface area contributed by atoms with Gasteiger partial charge >= 0.3 is 6.09 Å². The Labute approximate surface area is 106 Å². The molecule has 2 saturated heterocycles. The molecule has 2 aliphatic heterocycles. The van der Waals surface area contributed by atoms with Gasteiger partial charge in [-0.2, -0.15) is 0 Å². The van der Waals surface area contributed by atoms with E-state index in [-0.39, 0.29) is 6.09 Å². The van der Waals surface area contributed by atoms with Crippen molar-refractivity contribution < 1.29 is 9.53 Å². The van der Waals surface area contributed by atoms with E-state index in [9.17, 15) is 4.79 Å². The van der Waals surface area contributed by atoms with E-state index in [1.54, 1.807) is 4.90 Å². The van der Waals surface area contributed by atoms with Gasteiger partial charge in [-0.05, 0) is 31.2 Å². The molecule has 2 heterocycles. The van der Waals surface area contributed by atoms with Crippen molar-refractivity contribution in [2.45, 2.75) is 12.5 Å². The van der Waals surface area contributed by atoms with E-state index in [1.807, 2.05) is 24.3 Å². The number of ether oxygens (including phenoxy) is 1. The number of nitrogens with one attached hydrogen (secondary N) is 2. The summed E-state index contributed by atoms with van der Waals surface area (Å²) in [4.78, 5) is 13.2. The molecule has 2 aliphatic rings. The van der Waals surface area contributed by atoms with E-state index in [1.165, 1.54) is 0 Å². The Balaban J connectivity index is 1.73. The highest BCUT2D eigenvalue weighted by Gasteiger charge is 2.23. The zero-order chi connectivity index (χ0) is 12.4. The maximum atomic E-state index is 11.5. The highest BCUT2D eigenvalue weighted by Crippen LogP contribution is 2.23. The standard InChI is InChI=1S/C13H17N3O2/c17-13-16(6-7-18-13)12-3-1-2-10(8-12)15-11-4-5-14-9-11/h1-3,8,11,14-15H,4-7,9H2. The first-order valence-electron chi connectivity index (χ1n) is 6.34. The molecular formula is C13H17N3O2. The zero-order valence-corrected chi connectivity index (χ0v) is 10.2. The molecule has 0 saturated carbocycles. The van der Waals surface area contributed by atoms with Gasteiger partial charge in [0, 0.05) is 24.0 Å². The number of cyclic esters (lactones) is 1. The molecule has 0 radical (unpaired) electrons. The quantitative estimate of drug-likeness (QED) is 0.848. The molecule has 1 atom stereocenters. The van der Waals surface area contributed by atoms with Crippen LogP contribution in [-0.2, 0) is 4.74 Å². The van der Waals surface area contributed by atoms with E-state index >= 15 is 0 Å². The number of carbonyl (C=O) groups is 1. The van der Waals surface area contributed by atoms with E-state index < -0.39 is 0 Å². The smallest absolute Gasteiger partial charge is 0.414 e. The van der Waals surface area contributed by atoms with Gasteiger partial charge in [0.05, 0.1) is 6.54 Å². The van der Waals surface area contributed by atoms with Crippen molar-refractivity contribution in [1.29, 1.82) is 0 Å². The summed E-state index contributed by atoms with van der Waals surface area (Å²) in [5.41, 5.74) is 1.95. The lowest BCUT2D eigenvalue weighted by molar-refractivity contribution is 0.181. The molecule has 96 valence electrons. The Morgan fingerprint density at radius 2 is 2.39 bits per heavy atom. The Kier molecular flexibility index (Phi) is 3.06. The molecule has 0 aliphatic carbocycles. The van der Waals surface area contributed by atoms with Gasteiger partial charge in [-0.3, -0.25) is 4.90 Å². The second-order valence-corrected chi connectivity index (χ2v) is 4.65. The third-order valence-electron chi connectivity index (χ3n) is 3.35. The SMILES string of the molecule is O=C1OCCN1c1cccc(NC2CCNC2)c1. The van der Waals surface area contributed by atoms with Gasteiger partial charge in [0.1, 0.15) is 6.61 Å². The van der Waals surface area contributed by atoms with Gasteiger partial charge in [0.25, 0.3) is 0 Å². The minimum absolute atomic E-state index is 0.255. The lowest BCUT2D eigenvalue weighted by Crippen LogP contribution is -2.24. The Morgan fingerprint density at radius 1 is 1.44 bits per heavy atom. The average molecular weight is 247 g/mol. The summed E-state index contributed by atoms with van der Waals surface area (Å²) in [5, 5.41) is 6.80. The third-order valence-corrected chi connectivity index (χ3v) is 3.35. The third kappa shape index (κ3) is 2.26. The van der Waals surface area contributed by atoms with Gasteiger partial charge in [0.15, 0.2) is 0 Å². The lowest BCUT2D eigenvalue weighted by atomic mass is 10.2. The van der Waals surface area contributed by atoms with Gasteiger partial charge in [-0.1, -0.05) is 6.07 Å². The predicted octanol–water partition coefficient (Wildman–Crippen LogP) is 1.42. The summed E-state index contributed by atoms with van der Waals surface area (Å²) < 4.78 is 4.95. The number of nitrogens with zero attached hydrogens (tertiary/aromatic N) is 1. The summed E-state index contributed by atoms with van der Waals surface area (Å²) in [6.45, 7) is 3.17. The van der Waals surface area contributed by atoms with E-state index in [0.29, 0.717) is 19.2 Å². The Bertz CT molecular complexity index is 444. The first-order chi connectivity index (χ1) is 8.83. The molecule has 0 bridgehead atoms. The number of hydrogen-bond donors (Lipinski definition) is 2. The van der Waals surface area contributed by atoms with Gasteiger partial charge in [0.2, 0.25) is 0 Å². The highest BCUT2D eigenvalue weighted by atomic mass is 16.6. The number of benzene rings is 1. The van der Waals surface area contributed by atoms with Crippen LogP contribution in [0.25, 0.3) is 0 Å². The fourth-order valence-electron chi connectivity index (χ4n) is 2.41. The van der Waals surface area contributed by atoms with Crippen LogP contribution in [0.2, 0.25) is 0 Å².